The molecule has 0 bridgehead atoms. The van der Waals surface area contributed by atoms with Gasteiger partial charge in [-0.3, -0.25) is 4.98 Å². The smallest absolute Gasteiger partial charge is 0.0749 e. The zero-order valence-electron chi connectivity index (χ0n) is 10.9. The highest BCUT2D eigenvalue weighted by Gasteiger charge is 2.36. The monoisotopic (exact) mass is 240 g/mol. The molecule has 18 heavy (non-hydrogen) atoms. The first-order chi connectivity index (χ1) is 8.71. The number of nitrogens with two attached hydrogens (primary N) is 1. The second-order valence-corrected chi connectivity index (χ2v) is 5.76. The molecular formula is C16H20N2. The zero-order chi connectivity index (χ0) is 12.6. The van der Waals surface area contributed by atoms with Crippen molar-refractivity contribution >= 4 is 10.9 Å². The minimum Gasteiger partial charge on any atom is -0.323 e. The average molecular weight is 240 g/mol. The molecule has 1 unspecified atom stereocenters. The Hall–Kier alpha value is -1.41. The quantitative estimate of drug-likeness (QED) is 0.866. The van der Waals surface area contributed by atoms with Crippen molar-refractivity contribution in [2.45, 2.75) is 38.6 Å². The van der Waals surface area contributed by atoms with Crippen LogP contribution in [-0.2, 0) is 0 Å². The number of hydrogen-bond donors (Lipinski definition) is 1. The number of rotatable bonds is 2. The van der Waals surface area contributed by atoms with E-state index in [1.54, 1.807) is 0 Å². The summed E-state index contributed by atoms with van der Waals surface area (Å²) >= 11 is 0. The van der Waals surface area contributed by atoms with E-state index in [0.29, 0.717) is 0 Å². The van der Waals surface area contributed by atoms with Crippen LogP contribution in [0.25, 0.3) is 10.9 Å². The van der Waals surface area contributed by atoms with E-state index >= 15 is 0 Å². The van der Waals surface area contributed by atoms with Gasteiger partial charge in [0, 0.05) is 17.6 Å². The van der Waals surface area contributed by atoms with E-state index in [1.807, 2.05) is 12.3 Å². The Bertz CT molecular complexity index is 551. The van der Waals surface area contributed by atoms with Crippen LogP contribution in [0.5, 0.6) is 0 Å². The molecule has 0 aliphatic heterocycles. The number of fused-ring (bicyclic) bond motifs is 1. The van der Waals surface area contributed by atoms with Gasteiger partial charge in [-0.15, -0.1) is 0 Å². The van der Waals surface area contributed by atoms with Gasteiger partial charge in [0.1, 0.15) is 0 Å². The lowest BCUT2D eigenvalue weighted by Gasteiger charge is -2.31. The van der Waals surface area contributed by atoms with E-state index in [9.17, 15) is 0 Å². The lowest BCUT2D eigenvalue weighted by atomic mass is 9.77. The van der Waals surface area contributed by atoms with Gasteiger partial charge in [-0.25, -0.2) is 0 Å². The molecule has 1 aromatic heterocycles. The topological polar surface area (TPSA) is 38.9 Å². The summed E-state index contributed by atoms with van der Waals surface area (Å²) in [5.41, 5.74) is 9.08. The molecule has 0 saturated heterocycles. The summed E-state index contributed by atoms with van der Waals surface area (Å²) in [6, 6.07) is 10.5. The molecule has 94 valence electrons. The molecule has 1 fully saturated rings. The third kappa shape index (κ3) is 1.81. The van der Waals surface area contributed by atoms with E-state index in [2.05, 4.69) is 36.2 Å². The predicted molar refractivity (Wildman–Crippen MR) is 75.2 cm³/mol. The van der Waals surface area contributed by atoms with Crippen LogP contribution in [0.1, 0.15) is 44.2 Å². The molecule has 1 aromatic carbocycles. The summed E-state index contributed by atoms with van der Waals surface area (Å²) < 4.78 is 0. The summed E-state index contributed by atoms with van der Waals surface area (Å²) in [6.45, 7) is 2.33. The maximum atomic E-state index is 6.56. The number of benzene rings is 1. The SMILES string of the molecule is CC1(C(N)c2cccc3cccnc23)CCCC1. The lowest BCUT2D eigenvalue weighted by Crippen LogP contribution is -2.29. The van der Waals surface area contributed by atoms with E-state index in [1.165, 1.54) is 36.6 Å². The minimum absolute atomic E-state index is 0.0959. The maximum Gasteiger partial charge on any atom is 0.0749 e. The second-order valence-electron chi connectivity index (χ2n) is 5.76. The van der Waals surface area contributed by atoms with Crippen LogP contribution in [0.3, 0.4) is 0 Å². The fourth-order valence-corrected chi connectivity index (χ4v) is 3.25. The van der Waals surface area contributed by atoms with E-state index < -0.39 is 0 Å². The normalized spacial score (nSPS) is 20.1. The summed E-state index contributed by atoms with van der Waals surface area (Å²) in [5.74, 6) is 0. The second kappa shape index (κ2) is 4.36. The van der Waals surface area contributed by atoms with Gasteiger partial charge in [0.2, 0.25) is 0 Å². The molecule has 0 amide bonds. The number of pyridine rings is 1. The van der Waals surface area contributed by atoms with Gasteiger partial charge in [0.05, 0.1) is 5.52 Å². The van der Waals surface area contributed by atoms with E-state index in [0.717, 1.165) is 5.52 Å². The van der Waals surface area contributed by atoms with Crippen molar-refractivity contribution in [2.75, 3.05) is 0 Å². The predicted octanol–water partition coefficient (Wildman–Crippen LogP) is 3.81. The van der Waals surface area contributed by atoms with Crippen LogP contribution >= 0.6 is 0 Å². The van der Waals surface area contributed by atoms with Gasteiger partial charge in [0.25, 0.3) is 0 Å². The molecule has 1 aliphatic rings. The maximum absolute atomic E-state index is 6.56. The van der Waals surface area contributed by atoms with Crippen molar-refractivity contribution in [3.63, 3.8) is 0 Å². The molecule has 3 rings (SSSR count). The van der Waals surface area contributed by atoms with Crippen LogP contribution in [0.4, 0.5) is 0 Å². The third-order valence-corrected chi connectivity index (χ3v) is 4.50. The molecular weight excluding hydrogens is 220 g/mol. The highest BCUT2D eigenvalue weighted by atomic mass is 14.7. The molecule has 0 radical (unpaired) electrons. The van der Waals surface area contributed by atoms with Gasteiger partial charge in [0.15, 0.2) is 0 Å². The van der Waals surface area contributed by atoms with Gasteiger partial charge >= 0.3 is 0 Å². The van der Waals surface area contributed by atoms with E-state index in [4.69, 9.17) is 5.73 Å². The Morgan fingerprint density at radius 1 is 1.17 bits per heavy atom. The highest BCUT2D eigenvalue weighted by molar-refractivity contribution is 5.82. The Morgan fingerprint density at radius 2 is 1.89 bits per heavy atom. The standard InChI is InChI=1S/C16H20N2/c1-16(9-2-3-10-16)15(17)13-8-4-6-12-7-5-11-18-14(12)13/h4-8,11,15H,2-3,9-10,17H2,1H3. The number of para-hydroxylation sites is 1. The largest absolute Gasteiger partial charge is 0.323 e. The highest BCUT2D eigenvalue weighted by Crippen LogP contribution is 2.46. The van der Waals surface area contributed by atoms with Crippen molar-refractivity contribution in [1.82, 2.24) is 4.98 Å². The first-order valence-electron chi connectivity index (χ1n) is 6.80. The summed E-state index contributed by atoms with van der Waals surface area (Å²) in [4.78, 5) is 4.52. The van der Waals surface area contributed by atoms with Crippen LogP contribution in [0.2, 0.25) is 0 Å². The lowest BCUT2D eigenvalue weighted by molar-refractivity contribution is 0.266. The summed E-state index contributed by atoms with van der Waals surface area (Å²) in [6.07, 6.45) is 6.94. The Labute approximate surface area is 108 Å². The molecule has 1 aliphatic carbocycles. The molecule has 1 heterocycles. The van der Waals surface area contributed by atoms with E-state index in [-0.39, 0.29) is 11.5 Å². The van der Waals surface area contributed by atoms with Gasteiger partial charge in [-0.2, -0.15) is 0 Å². The number of hydrogen-bond acceptors (Lipinski definition) is 2. The fraction of sp³-hybridized carbons (Fsp3) is 0.438. The fourth-order valence-electron chi connectivity index (χ4n) is 3.25. The molecule has 0 spiro atoms. The van der Waals surface area contributed by atoms with Gasteiger partial charge < -0.3 is 5.73 Å². The molecule has 2 heteroatoms. The van der Waals surface area contributed by atoms with Crippen LogP contribution in [0.15, 0.2) is 36.5 Å². The van der Waals surface area contributed by atoms with Crippen molar-refractivity contribution in [2.24, 2.45) is 11.1 Å². The molecule has 1 saturated carbocycles. The first-order valence-corrected chi connectivity index (χ1v) is 6.80. The minimum atomic E-state index is 0.0959. The van der Waals surface area contributed by atoms with Crippen molar-refractivity contribution in [3.05, 3.63) is 42.1 Å². The van der Waals surface area contributed by atoms with Crippen LogP contribution in [-0.4, -0.2) is 4.98 Å². The molecule has 2 nitrogen and oxygen atoms in total. The number of nitrogens with zero attached hydrogens (tertiary/aromatic N) is 1. The van der Waals surface area contributed by atoms with Crippen molar-refractivity contribution in [1.29, 1.82) is 0 Å². The van der Waals surface area contributed by atoms with Gasteiger partial charge in [-0.1, -0.05) is 44.0 Å². The summed E-state index contributed by atoms with van der Waals surface area (Å²) in [7, 11) is 0. The van der Waals surface area contributed by atoms with Gasteiger partial charge in [-0.05, 0) is 29.9 Å². The summed E-state index contributed by atoms with van der Waals surface area (Å²) in [5, 5.41) is 1.19. The average Bonchev–Trinajstić information content (AvgIpc) is 2.85. The Balaban J connectivity index is 2.08. The zero-order valence-corrected chi connectivity index (χ0v) is 10.9. The molecule has 2 N–H and O–H groups in total. The van der Waals surface area contributed by atoms with Crippen LogP contribution in [0, 0.1) is 5.41 Å². The molecule has 1 atom stereocenters. The third-order valence-electron chi connectivity index (χ3n) is 4.50. The van der Waals surface area contributed by atoms with Crippen molar-refractivity contribution < 1.29 is 0 Å². The first kappa shape index (κ1) is 11.7. The molecule has 2 aromatic rings. The van der Waals surface area contributed by atoms with Crippen molar-refractivity contribution in [3.8, 4) is 0 Å². The Kier molecular flexibility index (Phi) is 2.83. The number of aromatic nitrogens is 1. The Morgan fingerprint density at radius 3 is 2.67 bits per heavy atom. The van der Waals surface area contributed by atoms with Crippen LogP contribution < -0.4 is 5.73 Å².